The maximum absolute atomic E-state index is 12.1. The second-order valence-electron chi connectivity index (χ2n) is 10.5. The molecule has 0 atom stereocenters. The SMILES string of the molecule is CC(C)Oc1cc(-n2nc(C(C)(C)C)oc2=O)c(Cl)cc1Cl.CNC(=O)N(C)c1nnc(C(C)(C)C)s1. The van der Waals surface area contributed by atoms with Gasteiger partial charge in [0.05, 0.1) is 21.8 Å². The van der Waals surface area contributed by atoms with E-state index in [1.807, 2.05) is 34.6 Å². The van der Waals surface area contributed by atoms with Crippen LogP contribution in [-0.4, -0.2) is 46.2 Å². The summed E-state index contributed by atoms with van der Waals surface area (Å²) in [5.74, 6) is 0.155. The molecule has 3 aromatic rings. The van der Waals surface area contributed by atoms with Crippen molar-refractivity contribution < 1.29 is 13.9 Å². The van der Waals surface area contributed by atoms with E-state index in [0.717, 1.165) is 9.69 Å². The highest BCUT2D eigenvalue weighted by Crippen LogP contribution is 2.33. The molecule has 2 heterocycles. The molecule has 0 unspecified atom stereocenters. The number of amides is 2. The van der Waals surface area contributed by atoms with Crippen molar-refractivity contribution in [3.63, 3.8) is 0 Å². The van der Waals surface area contributed by atoms with Crippen LogP contribution in [0.2, 0.25) is 10.0 Å². The molecule has 0 aliphatic rings. The van der Waals surface area contributed by atoms with Crippen LogP contribution in [0.15, 0.2) is 21.3 Å². The van der Waals surface area contributed by atoms with Crippen molar-refractivity contribution in [1.82, 2.24) is 25.3 Å². The molecule has 0 radical (unpaired) electrons. The van der Waals surface area contributed by atoms with Gasteiger partial charge in [0, 0.05) is 31.0 Å². The van der Waals surface area contributed by atoms with Gasteiger partial charge in [-0.2, -0.15) is 4.68 Å². The van der Waals surface area contributed by atoms with Crippen LogP contribution in [0, 0.1) is 0 Å². The van der Waals surface area contributed by atoms with Gasteiger partial charge in [0.25, 0.3) is 0 Å². The van der Waals surface area contributed by atoms with Gasteiger partial charge in [-0.05, 0) is 19.9 Å². The van der Waals surface area contributed by atoms with Crippen LogP contribution in [-0.2, 0) is 10.8 Å². The average molecular weight is 574 g/mol. The number of nitrogens with zero attached hydrogens (tertiary/aromatic N) is 5. The third kappa shape index (κ3) is 7.93. The van der Waals surface area contributed by atoms with E-state index in [4.69, 9.17) is 32.4 Å². The van der Waals surface area contributed by atoms with Crippen molar-refractivity contribution in [3.05, 3.63) is 43.6 Å². The number of nitrogens with one attached hydrogen (secondary N) is 1. The predicted octanol–water partition coefficient (Wildman–Crippen LogP) is 5.83. The number of carbonyl (C=O) groups excluding carboxylic acids is 1. The van der Waals surface area contributed by atoms with Gasteiger partial charge < -0.3 is 14.5 Å². The number of halogens is 2. The zero-order chi connectivity index (χ0) is 28.3. The number of hydrogen-bond donors (Lipinski definition) is 1. The maximum Gasteiger partial charge on any atom is 0.442 e. The number of urea groups is 1. The molecular weight excluding hydrogens is 539 g/mol. The molecule has 37 heavy (non-hydrogen) atoms. The summed E-state index contributed by atoms with van der Waals surface area (Å²) in [4.78, 5) is 24.8. The Bertz CT molecular complexity index is 1290. The fourth-order valence-electron chi connectivity index (χ4n) is 2.67. The van der Waals surface area contributed by atoms with E-state index in [2.05, 4.69) is 41.4 Å². The summed E-state index contributed by atoms with van der Waals surface area (Å²) in [5.41, 5.74) is -0.0500. The van der Waals surface area contributed by atoms with Crippen LogP contribution in [0.1, 0.15) is 66.3 Å². The number of aromatic nitrogens is 4. The minimum atomic E-state index is -0.607. The Labute approximate surface area is 230 Å². The Morgan fingerprint density at radius 3 is 2.19 bits per heavy atom. The molecular formula is C24H34Cl2N6O4S. The number of hydrogen-bond acceptors (Lipinski definition) is 8. The van der Waals surface area contributed by atoms with Crippen molar-refractivity contribution in [1.29, 1.82) is 0 Å². The van der Waals surface area contributed by atoms with Gasteiger partial charge in [-0.3, -0.25) is 4.90 Å². The molecule has 10 nitrogen and oxygen atoms in total. The summed E-state index contributed by atoms with van der Waals surface area (Å²) >= 11 is 13.7. The molecule has 2 aromatic heterocycles. The first-order valence-corrected chi connectivity index (χ1v) is 13.1. The number of anilines is 1. The quantitative estimate of drug-likeness (QED) is 0.418. The molecule has 0 aliphatic carbocycles. The van der Waals surface area contributed by atoms with E-state index in [1.54, 1.807) is 20.2 Å². The molecule has 0 spiro atoms. The van der Waals surface area contributed by atoms with Crippen LogP contribution in [0.5, 0.6) is 5.75 Å². The molecule has 204 valence electrons. The third-order valence-corrected chi connectivity index (χ3v) is 6.67. The van der Waals surface area contributed by atoms with Gasteiger partial charge >= 0.3 is 11.8 Å². The minimum absolute atomic E-state index is 0.0283. The van der Waals surface area contributed by atoms with Crippen molar-refractivity contribution in [2.45, 2.75) is 72.3 Å². The Morgan fingerprint density at radius 1 is 1.11 bits per heavy atom. The summed E-state index contributed by atoms with van der Waals surface area (Å²) < 4.78 is 11.9. The third-order valence-electron chi connectivity index (χ3n) is 4.64. The largest absolute Gasteiger partial charge is 0.489 e. The highest BCUT2D eigenvalue weighted by atomic mass is 35.5. The Hall–Kier alpha value is -2.63. The topological polar surface area (TPSA) is 115 Å². The summed E-state index contributed by atoms with van der Waals surface area (Å²) in [7, 11) is 3.26. The van der Waals surface area contributed by atoms with Gasteiger partial charge in [-0.15, -0.1) is 15.3 Å². The molecule has 0 saturated carbocycles. The van der Waals surface area contributed by atoms with Crippen molar-refractivity contribution >= 4 is 45.7 Å². The molecule has 0 saturated heterocycles. The van der Waals surface area contributed by atoms with Crippen LogP contribution in [0.4, 0.5) is 9.93 Å². The smallest absolute Gasteiger partial charge is 0.442 e. The molecule has 0 aliphatic heterocycles. The van der Waals surface area contributed by atoms with E-state index in [9.17, 15) is 9.59 Å². The number of rotatable bonds is 4. The Balaban J connectivity index is 0.000000281. The van der Waals surface area contributed by atoms with Gasteiger partial charge in [0.2, 0.25) is 11.0 Å². The zero-order valence-electron chi connectivity index (χ0n) is 22.8. The zero-order valence-corrected chi connectivity index (χ0v) is 25.1. The van der Waals surface area contributed by atoms with Crippen molar-refractivity contribution in [2.75, 3.05) is 19.0 Å². The van der Waals surface area contributed by atoms with Crippen molar-refractivity contribution in [3.8, 4) is 11.4 Å². The number of ether oxygens (including phenoxy) is 1. The number of benzene rings is 1. The lowest BCUT2D eigenvalue weighted by molar-refractivity contribution is 0.242. The van der Waals surface area contributed by atoms with Gasteiger partial charge in [-0.25, -0.2) is 9.59 Å². The van der Waals surface area contributed by atoms with Gasteiger partial charge in [-0.1, -0.05) is 76.1 Å². The molecule has 13 heteroatoms. The highest BCUT2D eigenvalue weighted by molar-refractivity contribution is 7.15. The first-order chi connectivity index (χ1) is 16.9. The second-order valence-corrected chi connectivity index (χ2v) is 12.3. The lowest BCUT2D eigenvalue weighted by Gasteiger charge is -2.13. The monoisotopic (exact) mass is 572 g/mol. The van der Waals surface area contributed by atoms with Crippen LogP contribution in [0.25, 0.3) is 5.69 Å². The minimum Gasteiger partial charge on any atom is -0.489 e. The van der Waals surface area contributed by atoms with Gasteiger partial charge in [0.15, 0.2) is 0 Å². The van der Waals surface area contributed by atoms with E-state index >= 15 is 0 Å². The fourth-order valence-corrected chi connectivity index (χ4v) is 4.04. The van der Waals surface area contributed by atoms with Crippen molar-refractivity contribution in [2.24, 2.45) is 0 Å². The molecule has 3 rings (SSSR count). The normalized spacial score (nSPS) is 11.7. The lowest BCUT2D eigenvalue weighted by Crippen LogP contribution is -2.34. The van der Waals surface area contributed by atoms with Crippen LogP contribution < -0.4 is 20.7 Å². The van der Waals surface area contributed by atoms with E-state index in [-0.39, 0.29) is 28.0 Å². The van der Waals surface area contributed by atoms with Crippen LogP contribution >= 0.6 is 34.5 Å². The first kappa shape index (κ1) is 30.6. The molecule has 1 N–H and O–H groups in total. The molecule has 0 fully saturated rings. The average Bonchev–Trinajstić information content (AvgIpc) is 3.42. The summed E-state index contributed by atoms with van der Waals surface area (Å²) in [5, 5.41) is 17.0. The standard InChI is InChI=1S/C15H18Cl2N2O3.C9H16N4OS/c1-8(2)21-12-7-11(9(16)6-10(12)17)19-14(20)22-13(18-19)15(3,4)5;1-9(2,3)6-11-12-8(15-6)13(5)7(14)10-4/h6-8H,1-5H3;1-5H3,(H,10,14). The van der Waals surface area contributed by atoms with Crippen LogP contribution in [0.3, 0.4) is 0 Å². The molecule has 0 bridgehead atoms. The Morgan fingerprint density at radius 2 is 1.73 bits per heavy atom. The van der Waals surface area contributed by atoms with E-state index < -0.39 is 5.76 Å². The van der Waals surface area contributed by atoms with Gasteiger partial charge in [0.1, 0.15) is 10.8 Å². The number of carbonyl (C=O) groups is 1. The fraction of sp³-hybridized carbons (Fsp3) is 0.542. The van der Waals surface area contributed by atoms with E-state index in [1.165, 1.54) is 22.3 Å². The molecule has 1 aromatic carbocycles. The first-order valence-electron chi connectivity index (χ1n) is 11.5. The Kier molecular flexibility index (Phi) is 9.78. The highest BCUT2D eigenvalue weighted by Gasteiger charge is 2.25. The molecule has 2 amide bonds. The second kappa shape index (κ2) is 11.8. The summed E-state index contributed by atoms with van der Waals surface area (Å²) in [6.45, 7) is 15.7. The maximum atomic E-state index is 12.1. The van der Waals surface area contributed by atoms with E-state index in [0.29, 0.717) is 27.5 Å². The summed E-state index contributed by atoms with van der Waals surface area (Å²) in [6, 6.07) is 2.92. The predicted molar refractivity (Wildman–Crippen MR) is 148 cm³/mol. The summed E-state index contributed by atoms with van der Waals surface area (Å²) in [6.07, 6.45) is -0.0642. The lowest BCUT2D eigenvalue weighted by atomic mass is 9.97.